The van der Waals surface area contributed by atoms with Crippen LogP contribution in [0.15, 0.2) is 29.0 Å². The Morgan fingerprint density at radius 3 is 2.55 bits per heavy atom. The van der Waals surface area contributed by atoms with E-state index < -0.39 is 0 Å². The van der Waals surface area contributed by atoms with E-state index in [0.29, 0.717) is 18.3 Å². The summed E-state index contributed by atoms with van der Waals surface area (Å²) in [5.74, 6) is 1.01. The van der Waals surface area contributed by atoms with E-state index in [2.05, 4.69) is 18.1 Å². The first-order valence-corrected chi connectivity index (χ1v) is 8.43. The summed E-state index contributed by atoms with van der Waals surface area (Å²) in [7, 11) is 0. The summed E-state index contributed by atoms with van der Waals surface area (Å²) < 4.78 is 1.63. The lowest BCUT2D eigenvalue weighted by molar-refractivity contribution is 0.270. The number of hydrogen-bond donors (Lipinski definition) is 2. The second kappa shape index (κ2) is 11.3. The molecule has 126 valence electrons. The van der Waals surface area contributed by atoms with Crippen LogP contribution in [0.4, 0.5) is 5.82 Å². The highest BCUT2D eigenvalue weighted by atomic mass is 35.5. The van der Waals surface area contributed by atoms with Gasteiger partial charge >= 0.3 is 0 Å². The van der Waals surface area contributed by atoms with Crippen LogP contribution in [0, 0.1) is 5.92 Å². The maximum Gasteiger partial charge on any atom is 0.124 e. The van der Waals surface area contributed by atoms with Crippen molar-refractivity contribution >= 4 is 17.4 Å². The molecule has 0 aliphatic heterocycles. The minimum absolute atomic E-state index is 0.0440. The molecular weight excluding hydrogens is 298 g/mol. The van der Waals surface area contributed by atoms with E-state index in [1.807, 2.05) is 33.8 Å². The molecule has 5 heteroatoms. The molecule has 0 bridgehead atoms. The number of nitrogens with zero attached hydrogens (tertiary/aromatic N) is 2. The molecule has 1 heterocycles. The predicted molar refractivity (Wildman–Crippen MR) is 95.9 cm³/mol. The van der Waals surface area contributed by atoms with Gasteiger partial charge in [-0.1, -0.05) is 50.9 Å². The Labute approximate surface area is 139 Å². The number of hydrogen-bond acceptors (Lipinski definition) is 3. The SMILES string of the molecule is CC.CC.CC1=CC(Cl)=CC(Cc2cnn(CCO)c2N)C1. The van der Waals surface area contributed by atoms with E-state index in [9.17, 15) is 0 Å². The molecule has 1 aromatic rings. The van der Waals surface area contributed by atoms with Crippen LogP contribution in [-0.2, 0) is 13.0 Å². The van der Waals surface area contributed by atoms with Gasteiger partial charge in [0.25, 0.3) is 0 Å². The van der Waals surface area contributed by atoms with Crippen LogP contribution in [0.5, 0.6) is 0 Å². The third kappa shape index (κ3) is 6.24. The third-order valence-electron chi connectivity index (χ3n) is 3.12. The monoisotopic (exact) mass is 327 g/mol. The average Bonchev–Trinajstić information content (AvgIpc) is 2.84. The topological polar surface area (TPSA) is 64.1 Å². The zero-order valence-electron chi connectivity index (χ0n) is 14.4. The number of rotatable bonds is 4. The molecule has 1 unspecified atom stereocenters. The Hall–Kier alpha value is -1.26. The van der Waals surface area contributed by atoms with Crippen molar-refractivity contribution in [2.24, 2.45) is 5.92 Å². The maximum atomic E-state index is 8.89. The van der Waals surface area contributed by atoms with Crippen LogP contribution in [0.25, 0.3) is 0 Å². The summed E-state index contributed by atoms with van der Waals surface area (Å²) >= 11 is 6.07. The van der Waals surface area contributed by atoms with Gasteiger partial charge in [-0.3, -0.25) is 0 Å². The van der Waals surface area contributed by atoms with E-state index >= 15 is 0 Å². The molecule has 0 amide bonds. The molecule has 0 saturated heterocycles. The fourth-order valence-electron chi connectivity index (χ4n) is 2.32. The zero-order chi connectivity index (χ0) is 17.1. The van der Waals surface area contributed by atoms with Crippen LogP contribution in [0.2, 0.25) is 0 Å². The van der Waals surface area contributed by atoms with Gasteiger partial charge in [0.15, 0.2) is 0 Å². The van der Waals surface area contributed by atoms with Crippen molar-refractivity contribution in [2.75, 3.05) is 12.3 Å². The molecule has 0 aromatic carbocycles. The molecule has 0 radical (unpaired) electrons. The first kappa shape index (κ1) is 20.7. The third-order valence-corrected chi connectivity index (χ3v) is 3.35. The molecule has 1 aromatic heterocycles. The standard InChI is InChI=1S/C13H18ClN3O.2C2H6/c1-9-4-10(7-12(14)5-9)6-11-8-16-17(2-3-18)13(11)15;2*1-2/h5,7-8,10,18H,2-4,6,15H2,1H3;2*1-2H3. The molecule has 0 saturated carbocycles. The van der Waals surface area contributed by atoms with Crippen molar-refractivity contribution in [1.82, 2.24) is 9.78 Å². The van der Waals surface area contributed by atoms with E-state index in [4.69, 9.17) is 22.4 Å². The van der Waals surface area contributed by atoms with E-state index in [-0.39, 0.29) is 6.61 Å². The Bertz CT molecular complexity index is 492. The lowest BCUT2D eigenvalue weighted by Gasteiger charge is -2.17. The molecule has 0 fully saturated rings. The predicted octanol–water partition coefficient (Wildman–Crippen LogP) is 4.14. The molecule has 0 spiro atoms. The van der Waals surface area contributed by atoms with Crippen LogP contribution in [0.1, 0.15) is 46.6 Å². The van der Waals surface area contributed by atoms with Crippen molar-refractivity contribution in [3.63, 3.8) is 0 Å². The van der Waals surface area contributed by atoms with Gasteiger partial charge in [-0.15, -0.1) is 0 Å². The zero-order valence-corrected chi connectivity index (χ0v) is 15.2. The number of halogens is 1. The molecule has 2 rings (SSSR count). The molecule has 1 aliphatic carbocycles. The first-order chi connectivity index (χ1) is 10.6. The second-order valence-electron chi connectivity index (χ2n) is 4.71. The van der Waals surface area contributed by atoms with Crippen molar-refractivity contribution in [1.29, 1.82) is 0 Å². The second-order valence-corrected chi connectivity index (χ2v) is 5.15. The van der Waals surface area contributed by atoms with Gasteiger partial charge in [0.2, 0.25) is 0 Å². The Morgan fingerprint density at radius 1 is 1.36 bits per heavy atom. The number of anilines is 1. The summed E-state index contributed by atoms with van der Waals surface area (Å²) in [6.07, 6.45) is 7.67. The summed E-state index contributed by atoms with van der Waals surface area (Å²) in [5.41, 5.74) is 8.30. The number of aliphatic hydroxyl groups is 1. The summed E-state index contributed by atoms with van der Waals surface area (Å²) in [4.78, 5) is 0. The van der Waals surface area contributed by atoms with Crippen LogP contribution >= 0.6 is 11.6 Å². The molecular formula is C17H30ClN3O. The van der Waals surface area contributed by atoms with E-state index in [1.54, 1.807) is 10.9 Å². The molecule has 1 aliphatic rings. The van der Waals surface area contributed by atoms with Crippen molar-refractivity contribution in [3.8, 4) is 0 Å². The van der Waals surface area contributed by atoms with Gasteiger partial charge in [-0.25, -0.2) is 4.68 Å². The number of aliphatic hydroxyl groups excluding tert-OH is 1. The van der Waals surface area contributed by atoms with E-state index in [0.717, 1.165) is 23.4 Å². The van der Waals surface area contributed by atoms with Gasteiger partial charge in [0.05, 0.1) is 19.3 Å². The quantitative estimate of drug-likeness (QED) is 0.873. The van der Waals surface area contributed by atoms with Gasteiger partial charge in [0.1, 0.15) is 5.82 Å². The summed E-state index contributed by atoms with van der Waals surface area (Å²) in [6, 6.07) is 0. The molecule has 1 atom stereocenters. The van der Waals surface area contributed by atoms with Crippen LogP contribution < -0.4 is 5.73 Å². The average molecular weight is 328 g/mol. The fourth-order valence-corrected chi connectivity index (χ4v) is 2.68. The highest BCUT2D eigenvalue weighted by Crippen LogP contribution is 2.28. The first-order valence-electron chi connectivity index (χ1n) is 8.05. The van der Waals surface area contributed by atoms with Gasteiger partial charge in [-0.2, -0.15) is 5.10 Å². The van der Waals surface area contributed by atoms with Crippen LogP contribution in [0.3, 0.4) is 0 Å². The Balaban J connectivity index is 0.00000102. The largest absolute Gasteiger partial charge is 0.394 e. The fraction of sp³-hybridized carbons (Fsp3) is 0.588. The van der Waals surface area contributed by atoms with Gasteiger partial charge < -0.3 is 10.8 Å². The smallest absolute Gasteiger partial charge is 0.124 e. The highest BCUT2D eigenvalue weighted by Gasteiger charge is 2.16. The number of nitrogens with two attached hydrogens (primary N) is 1. The van der Waals surface area contributed by atoms with Crippen LogP contribution in [-0.4, -0.2) is 21.5 Å². The number of allylic oxidation sites excluding steroid dienone is 4. The minimum Gasteiger partial charge on any atom is -0.394 e. The maximum absolute atomic E-state index is 8.89. The Morgan fingerprint density at radius 2 is 2.00 bits per heavy atom. The number of nitrogen functional groups attached to an aromatic ring is 1. The van der Waals surface area contributed by atoms with E-state index in [1.165, 1.54) is 5.57 Å². The van der Waals surface area contributed by atoms with Crippen molar-refractivity contribution in [3.05, 3.63) is 34.5 Å². The minimum atomic E-state index is 0.0440. The van der Waals surface area contributed by atoms with Gasteiger partial charge in [-0.05, 0) is 31.8 Å². The van der Waals surface area contributed by atoms with Crippen molar-refractivity contribution < 1.29 is 5.11 Å². The van der Waals surface area contributed by atoms with Gasteiger partial charge in [0, 0.05) is 10.6 Å². The lowest BCUT2D eigenvalue weighted by atomic mass is 9.90. The molecule has 22 heavy (non-hydrogen) atoms. The number of aromatic nitrogens is 2. The summed E-state index contributed by atoms with van der Waals surface area (Å²) in [6.45, 7) is 10.6. The summed E-state index contributed by atoms with van der Waals surface area (Å²) in [5, 5.41) is 13.9. The normalized spacial score (nSPS) is 16.6. The highest BCUT2D eigenvalue weighted by molar-refractivity contribution is 6.31. The lowest BCUT2D eigenvalue weighted by Crippen LogP contribution is -2.10. The van der Waals surface area contributed by atoms with Crippen molar-refractivity contribution in [2.45, 2.75) is 54.0 Å². The molecule has 4 nitrogen and oxygen atoms in total. The molecule has 3 N–H and O–H groups in total. The Kier molecular flexibility index (Phi) is 10.7.